The number of hydrogen-bond donors (Lipinski definition) is 0. The molecule has 3 aromatic carbocycles. The van der Waals surface area contributed by atoms with Crippen LogP contribution in [0, 0.1) is 5.82 Å². The Kier molecular flexibility index (Phi) is 8.93. The molecule has 0 saturated carbocycles. The summed E-state index contributed by atoms with van der Waals surface area (Å²) in [5, 5.41) is 0. The fraction of sp³-hybridized carbons (Fsp3) is 0.226. The first kappa shape index (κ1) is 26.7. The minimum atomic E-state index is -0.331. The standard InChI is InChI=1S/C31H31FN2O4/c1-4-34-21-28(26-11-5-6-12-29(26)36-2)33-30(34)17-16-22-14-15-24(20-27(22)32)23-9-7-10-25(19-23)38-18-8-13-31(35)37-3/h5-7,9-12,14-17,19-21H,4,8,13,18H2,1-3H3/b17-16+. The molecule has 0 fully saturated rings. The first-order valence-electron chi connectivity index (χ1n) is 12.5. The number of carbonyl (C=O) groups is 1. The Bertz CT molecular complexity index is 1430. The van der Waals surface area contributed by atoms with Gasteiger partial charge in [-0.1, -0.05) is 36.4 Å². The number of carbonyl (C=O) groups excluding carboxylic acids is 1. The van der Waals surface area contributed by atoms with E-state index in [4.69, 9.17) is 14.5 Å². The van der Waals surface area contributed by atoms with Crippen LogP contribution in [0.2, 0.25) is 0 Å². The molecule has 1 heterocycles. The lowest BCUT2D eigenvalue weighted by Crippen LogP contribution is -2.04. The average molecular weight is 515 g/mol. The minimum Gasteiger partial charge on any atom is -0.496 e. The van der Waals surface area contributed by atoms with Gasteiger partial charge < -0.3 is 18.8 Å². The number of hydrogen-bond acceptors (Lipinski definition) is 5. The number of methoxy groups -OCH3 is 2. The van der Waals surface area contributed by atoms with Gasteiger partial charge >= 0.3 is 5.97 Å². The summed E-state index contributed by atoms with van der Waals surface area (Å²) in [7, 11) is 3.01. The number of halogens is 1. The number of ether oxygens (including phenoxy) is 3. The van der Waals surface area contributed by atoms with Crippen molar-refractivity contribution in [3.05, 3.63) is 90.1 Å². The molecule has 0 atom stereocenters. The number of esters is 1. The van der Waals surface area contributed by atoms with Crippen LogP contribution in [0.25, 0.3) is 34.5 Å². The summed E-state index contributed by atoms with van der Waals surface area (Å²) in [6.45, 7) is 3.16. The van der Waals surface area contributed by atoms with E-state index in [1.165, 1.54) is 13.2 Å². The van der Waals surface area contributed by atoms with Gasteiger partial charge in [-0.05, 0) is 67.0 Å². The molecule has 0 unspecified atom stereocenters. The van der Waals surface area contributed by atoms with Crippen molar-refractivity contribution < 1.29 is 23.4 Å². The number of para-hydroxylation sites is 1. The SMILES string of the molecule is CCn1cc(-c2ccccc2OC)nc1/C=C/c1ccc(-c2cccc(OCCCC(=O)OC)c2)cc1F. The summed E-state index contributed by atoms with van der Waals surface area (Å²) in [4.78, 5) is 16.0. The number of nitrogens with zero attached hydrogens (tertiary/aromatic N) is 2. The molecule has 6 nitrogen and oxygen atoms in total. The Hall–Kier alpha value is -4.39. The van der Waals surface area contributed by atoms with E-state index < -0.39 is 0 Å². The van der Waals surface area contributed by atoms with E-state index in [9.17, 15) is 4.79 Å². The van der Waals surface area contributed by atoms with E-state index in [1.54, 1.807) is 19.3 Å². The van der Waals surface area contributed by atoms with E-state index in [0.29, 0.717) is 30.8 Å². The normalized spacial score (nSPS) is 11.1. The molecular weight excluding hydrogens is 483 g/mol. The third kappa shape index (κ3) is 6.48. The summed E-state index contributed by atoms with van der Waals surface area (Å²) < 4.78 is 33.0. The molecule has 196 valence electrons. The lowest BCUT2D eigenvalue weighted by molar-refractivity contribution is -0.140. The molecule has 0 aliphatic heterocycles. The van der Waals surface area contributed by atoms with E-state index in [0.717, 1.165) is 40.5 Å². The van der Waals surface area contributed by atoms with Crippen molar-refractivity contribution in [2.75, 3.05) is 20.8 Å². The van der Waals surface area contributed by atoms with Gasteiger partial charge in [0.25, 0.3) is 0 Å². The van der Waals surface area contributed by atoms with Crippen LogP contribution < -0.4 is 9.47 Å². The van der Waals surface area contributed by atoms with Gasteiger partial charge in [-0.3, -0.25) is 4.79 Å². The van der Waals surface area contributed by atoms with Crippen LogP contribution in [-0.2, 0) is 16.1 Å². The highest BCUT2D eigenvalue weighted by Gasteiger charge is 2.12. The number of aromatic nitrogens is 2. The van der Waals surface area contributed by atoms with Crippen molar-refractivity contribution in [2.45, 2.75) is 26.3 Å². The summed E-state index contributed by atoms with van der Waals surface area (Å²) >= 11 is 0. The Morgan fingerprint density at radius 3 is 2.58 bits per heavy atom. The summed E-state index contributed by atoms with van der Waals surface area (Å²) in [5.74, 6) is 1.55. The lowest BCUT2D eigenvalue weighted by atomic mass is 10.0. The smallest absolute Gasteiger partial charge is 0.305 e. The third-order valence-electron chi connectivity index (χ3n) is 6.13. The molecule has 0 N–H and O–H groups in total. The third-order valence-corrected chi connectivity index (χ3v) is 6.13. The van der Waals surface area contributed by atoms with Crippen LogP contribution in [-0.4, -0.2) is 36.3 Å². The molecule has 1 aromatic heterocycles. The van der Waals surface area contributed by atoms with Gasteiger partial charge in [-0.15, -0.1) is 0 Å². The molecule has 0 bridgehead atoms. The zero-order valence-corrected chi connectivity index (χ0v) is 21.8. The van der Waals surface area contributed by atoms with Crippen LogP contribution >= 0.6 is 0 Å². The van der Waals surface area contributed by atoms with Gasteiger partial charge in [0.15, 0.2) is 0 Å². The molecular formula is C31H31FN2O4. The second-order valence-corrected chi connectivity index (χ2v) is 8.60. The monoisotopic (exact) mass is 514 g/mol. The van der Waals surface area contributed by atoms with E-state index >= 15 is 4.39 Å². The number of rotatable bonds is 11. The molecule has 0 saturated heterocycles. The quantitative estimate of drug-likeness (QED) is 0.161. The highest BCUT2D eigenvalue weighted by Crippen LogP contribution is 2.30. The van der Waals surface area contributed by atoms with Crippen molar-refractivity contribution in [1.82, 2.24) is 9.55 Å². The van der Waals surface area contributed by atoms with Crippen molar-refractivity contribution in [2.24, 2.45) is 0 Å². The van der Waals surface area contributed by atoms with Gasteiger partial charge in [0.1, 0.15) is 23.1 Å². The van der Waals surface area contributed by atoms with E-state index in [1.807, 2.05) is 78.4 Å². The zero-order valence-electron chi connectivity index (χ0n) is 21.8. The van der Waals surface area contributed by atoms with Crippen LogP contribution in [0.5, 0.6) is 11.5 Å². The summed E-state index contributed by atoms with van der Waals surface area (Å²) in [6.07, 6.45) is 6.39. The van der Waals surface area contributed by atoms with Crippen molar-refractivity contribution in [1.29, 1.82) is 0 Å². The first-order valence-corrected chi connectivity index (χ1v) is 12.5. The number of benzene rings is 3. The van der Waals surface area contributed by atoms with E-state index in [2.05, 4.69) is 4.74 Å². The maximum atomic E-state index is 15.1. The summed E-state index contributed by atoms with van der Waals surface area (Å²) in [6, 6.07) is 20.4. The zero-order chi connectivity index (χ0) is 26.9. The molecule has 4 rings (SSSR count). The maximum absolute atomic E-state index is 15.1. The molecule has 38 heavy (non-hydrogen) atoms. The molecule has 0 aliphatic carbocycles. The maximum Gasteiger partial charge on any atom is 0.305 e. The molecule has 0 amide bonds. The molecule has 0 spiro atoms. The Morgan fingerprint density at radius 2 is 1.82 bits per heavy atom. The predicted molar refractivity (Wildman–Crippen MR) is 147 cm³/mol. The fourth-order valence-electron chi connectivity index (χ4n) is 4.08. The van der Waals surface area contributed by atoms with E-state index in [-0.39, 0.29) is 11.8 Å². The van der Waals surface area contributed by atoms with Crippen LogP contribution in [0.15, 0.2) is 72.9 Å². The Morgan fingerprint density at radius 1 is 1.00 bits per heavy atom. The van der Waals surface area contributed by atoms with Gasteiger partial charge in [-0.25, -0.2) is 9.37 Å². The largest absolute Gasteiger partial charge is 0.496 e. The minimum absolute atomic E-state index is 0.262. The van der Waals surface area contributed by atoms with Gasteiger partial charge in [0, 0.05) is 30.3 Å². The molecule has 4 aromatic rings. The van der Waals surface area contributed by atoms with Crippen LogP contribution in [0.1, 0.15) is 31.2 Å². The second kappa shape index (κ2) is 12.7. The second-order valence-electron chi connectivity index (χ2n) is 8.60. The molecule has 7 heteroatoms. The van der Waals surface area contributed by atoms with Crippen molar-refractivity contribution in [3.8, 4) is 33.9 Å². The van der Waals surface area contributed by atoms with Crippen LogP contribution in [0.3, 0.4) is 0 Å². The van der Waals surface area contributed by atoms with Crippen molar-refractivity contribution in [3.63, 3.8) is 0 Å². The predicted octanol–water partition coefficient (Wildman–Crippen LogP) is 6.89. The summed E-state index contributed by atoms with van der Waals surface area (Å²) in [5.41, 5.74) is 3.75. The molecule has 0 radical (unpaired) electrons. The van der Waals surface area contributed by atoms with Gasteiger partial charge in [0.05, 0.1) is 26.5 Å². The Balaban J connectivity index is 1.49. The van der Waals surface area contributed by atoms with Crippen molar-refractivity contribution >= 4 is 18.1 Å². The Labute approximate surface area is 222 Å². The van der Waals surface area contributed by atoms with Crippen LogP contribution in [0.4, 0.5) is 4.39 Å². The molecule has 0 aliphatic rings. The average Bonchev–Trinajstić information content (AvgIpc) is 3.37. The highest BCUT2D eigenvalue weighted by atomic mass is 19.1. The van der Waals surface area contributed by atoms with Gasteiger partial charge in [0.2, 0.25) is 0 Å². The first-order chi connectivity index (χ1) is 18.5. The highest BCUT2D eigenvalue weighted by molar-refractivity contribution is 5.73. The number of imidazole rings is 1. The lowest BCUT2D eigenvalue weighted by Gasteiger charge is -2.09. The van der Waals surface area contributed by atoms with Gasteiger partial charge in [-0.2, -0.15) is 0 Å². The topological polar surface area (TPSA) is 62.6 Å². The fourth-order valence-corrected chi connectivity index (χ4v) is 4.08. The number of aryl methyl sites for hydroxylation is 1.